The van der Waals surface area contributed by atoms with E-state index in [1.54, 1.807) is 24.3 Å². The van der Waals surface area contributed by atoms with Crippen LogP contribution in [-0.4, -0.2) is 30.8 Å². The number of hydrogen-bond acceptors (Lipinski definition) is 4. The molecule has 6 rings (SSSR count). The molecule has 0 aromatic heterocycles. The van der Waals surface area contributed by atoms with Gasteiger partial charge in [0.2, 0.25) is 5.91 Å². The van der Waals surface area contributed by atoms with Crippen molar-refractivity contribution in [3.05, 3.63) is 71.3 Å². The summed E-state index contributed by atoms with van der Waals surface area (Å²) in [6.07, 6.45) is 6.99. The van der Waals surface area contributed by atoms with Crippen molar-refractivity contribution < 1.29 is 19.1 Å². The first-order valence-electron chi connectivity index (χ1n) is 12.0. The average molecular weight is 446 g/mol. The molecule has 4 aliphatic carbocycles. The number of ether oxygens (including phenoxy) is 1. The minimum Gasteiger partial charge on any atom is -0.467 e. The standard InChI is InChI=1S/C28H31NO4/c1-33-26(31)24(29-27(32)28-15-19-11-20(16-28)13-21(12-19)17-28)14-18-7-9-23(10-8-18)25(30)22-5-3-2-4-6-22/h2-10,19-21,24H,11-17H2,1H3,(H,29,32)/t19?,20?,21?,24-,28?/m1/s1. The summed E-state index contributed by atoms with van der Waals surface area (Å²) in [6, 6.07) is 15.7. The van der Waals surface area contributed by atoms with Gasteiger partial charge >= 0.3 is 5.97 Å². The van der Waals surface area contributed by atoms with Crippen LogP contribution in [-0.2, 0) is 20.7 Å². The van der Waals surface area contributed by atoms with Crippen molar-refractivity contribution in [1.82, 2.24) is 5.32 Å². The summed E-state index contributed by atoms with van der Waals surface area (Å²) in [5.74, 6) is 1.53. The molecule has 4 aliphatic rings. The molecule has 2 aromatic carbocycles. The molecular weight excluding hydrogens is 414 g/mol. The van der Waals surface area contributed by atoms with Crippen LogP contribution >= 0.6 is 0 Å². The predicted molar refractivity (Wildman–Crippen MR) is 125 cm³/mol. The molecule has 1 N–H and O–H groups in total. The van der Waals surface area contributed by atoms with Crippen molar-refractivity contribution in [3.8, 4) is 0 Å². The normalized spacial score (nSPS) is 28.2. The van der Waals surface area contributed by atoms with E-state index < -0.39 is 12.0 Å². The zero-order valence-electron chi connectivity index (χ0n) is 19.1. The van der Waals surface area contributed by atoms with Crippen molar-refractivity contribution >= 4 is 17.7 Å². The number of nitrogens with one attached hydrogen (secondary N) is 1. The Balaban J connectivity index is 1.28. The molecule has 4 saturated carbocycles. The van der Waals surface area contributed by atoms with E-state index in [0.717, 1.165) is 24.8 Å². The molecule has 0 aliphatic heterocycles. The number of methoxy groups -OCH3 is 1. The fourth-order valence-corrected chi connectivity index (χ4v) is 6.82. The van der Waals surface area contributed by atoms with Gasteiger partial charge in [-0.25, -0.2) is 4.79 Å². The first-order chi connectivity index (χ1) is 16.0. The molecule has 2 aromatic rings. The lowest BCUT2D eigenvalue weighted by molar-refractivity contribution is -0.152. The number of carbonyl (C=O) groups is 3. The Bertz CT molecular complexity index is 1010. The Hall–Kier alpha value is -2.95. The van der Waals surface area contributed by atoms with Gasteiger partial charge in [-0.1, -0.05) is 54.6 Å². The molecule has 1 atom stereocenters. The number of esters is 1. The first kappa shape index (κ1) is 21.9. The molecule has 5 nitrogen and oxygen atoms in total. The third kappa shape index (κ3) is 4.33. The predicted octanol–water partition coefficient (Wildman–Crippen LogP) is 4.33. The van der Waals surface area contributed by atoms with E-state index in [4.69, 9.17) is 4.74 Å². The second-order valence-corrected chi connectivity index (χ2v) is 10.3. The van der Waals surface area contributed by atoms with Crippen LogP contribution in [0.25, 0.3) is 0 Å². The van der Waals surface area contributed by atoms with Crippen LogP contribution in [0.3, 0.4) is 0 Å². The van der Waals surface area contributed by atoms with E-state index in [2.05, 4.69) is 5.32 Å². The van der Waals surface area contributed by atoms with Crippen molar-refractivity contribution in [2.24, 2.45) is 23.2 Å². The highest BCUT2D eigenvalue weighted by Crippen LogP contribution is 2.60. The number of ketones is 1. The molecule has 0 radical (unpaired) electrons. The van der Waals surface area contributed by atoms with Gasteiger partial charge in [-0.15, -0.1) is 0 Å². The van der Waals surface area contributed by atoms with Gasteiger partial charge in [0.25, 0.3) is 0 Å². The van der Waals surface area contributed by atoms with Gasteiger partial charge in [-0.3, -0.25) is 9.59 Å². The summed E-state index contributed by atoms with van der Waals surface area (Å²) in [4.78, 5) is 38.7. The van der Waals surface area contributed by atoms with E-state index in [1.807, 2.05) is 30.3 Å². The van der Waals surface area contributed by atoms with Crippen molar-refractivity contribution in [3.63, 3.8) is 0 Å². The molecular formula is C28H31NO4. The van der Waals surface area contributed by atoms with Crippen molar-refractivity contribution in [1.29, 1.82) is 0 Å². The smallest absolute Gasteiger partial charge is 0.328 e. The fraction of sp³-hybridized carbons (Fsp3) is 0.464. The largest absolute Gasteiger partial charge is 0.467 e. The second kappa shape index (κ2) is 8.77. The molecule has 33 heavy (non-hydrogen) atoms. The lowest BCUT2D eigenvalue weighted by Crippen LogP contribution is -2.56. The van der Waals surface area contributed by atoms with Crippen LogP contribution in [0.5, 0.6) is 0 Å². The third-order valence-corrected chi connectivity index (χ3v) is 8.00. The van der Waals surface area contributed by atoms with Gasteiger partial charge in [0.05, 0.1) is 7.11 Å². The highest BCUT2D eigenvalue weighted by atomic mass is 16.5. The number of hydrogen-bond donors (Lipinski definition) is 1. The summed E-state index contributed by atoms with van der Waals surface area (Å²) in [5.41, 5.74) is 1.80. The summed E-state index contributed by atoms with van der Waals surface area (Å²) in [5, 5.41) is 3.06. The number of amides is 1. The van der Waals surface area contributed by atoms with Crippen molar-refractivity contribution in [2.75, 3.05) is 7.11 Å². The Kier molecular flexibility index (Phi) is 5.81. The molecule has 172 valence electrons. The zero-order chi connectivity index (χ0) is 23.0. The molecule has 0 unspecified atom stereocenters. The lowest BCUT2D eigenvalue weighted by Gasteiger charge is -2.55. The Morgan fingerprint density at radius 2 is 1.42 bits per heavy atom. The maximum Gasteiger partial charge on any atom is 0.328 e. The summed E-state index contributed by atoms with van der Waals surface area (Å²) in [6.45, 7) is 0. The summed E-state index contributed by atoms with van der Waals surface area (Å²) >= 11 is 0. The van der Waals surface area contributed by atoms with E-state index in [0.29, 0.717) is 35.3 Å². The van der Waals surface area contributed by atoms with Gasteiger partial charge in [0.15, 0.2) is 5.78 Å². The first-order valence-corrected chi connectivity index (χ1v) is 12.0. The molecule has 0 spiro atoms. The summed E-state index contributed by atoms with van der Waals surface area (Å²) in [7, 11) is 1.35. The van der Waals surface area contributed by atoms with E-state index in [1.165, 1.54) is 26.4 Å². The van der Waals surface area contributed by atoms with Crippen LogP contribution in [0, 0.1) is 23.2 Å². The zero-order valence-corrected chi connectivity index (χ0v) is 19.1. The van der Waals surface area contributed by atoms with Crippen LogP contribution in [0.1, 0.15) is 60.0 Å². The highest BCUT2D eigenvalue weighted by Gasteiger charge is 2.55. The van der Waals surface area contributed by atoms with Crippen LogP contribution in [0.2, 0.25) is 0 Å². The molecule has 1 amide bonds. The van der Waals surface area contributed by atoms with E-state index in [9.17, 15) is 14.4 Å². The van der Waals surface area contributed by atoms with Gasteiger partial charge < -0.3 is 10.1 Å². The topological polar surface area (TPSA) is 72.5 Å². The SMILES string of the molecule is COC(=O)[C@@H](Cc1ccc(C(=O)c2ccccc2)cc1)NC(=O)C12CC3CC(CC(C3)C1)C2. The lowest BCUT2D eigenvalue weighted by atomic mass is 9.49. The molecule has 0 heterocycles. The van der Waals surface area contributed by atoms with E-state index >= 15 is 0 Å². The van der Waals surface area contributed by atoms with Gasteiger partial charge in [0, 0.05) is 23.0 Å². The maximum atomic E-state index is 13.5. The minimum absolute atomic E-state index is 0.0212. The minimum atomic E-state index is -0.730. The second-order valence-electron chi connectivity index (χ2n) is 10.3. The number of benzene rings is 2. The molecule has 0 saturated heterocycles. The molecule has 5 heteroatoms. The Morgan fingerprint density at radius 1 is 0.879 bits per heavy atom. The number of rotatable bonds is 7. The van der Waals surface area contributed by atoms with Gasteiger partial charge in [0.1, 0.15) is 6.04 Å². The molecule has 4 fully saturated rings. The van der Waals surface area contributed by atoms with Crippen molar-refractivity contribution in [2.45, 2.75) is 51.0 Å². The van der Waals surface area contributed by atoms with E-state index in [-0.39, 0.29) is 17.1 Å². The Morgan fingerprint density at radius 3 is 1.97 bits per heavy atom. The van der Waals surface area contributed by atoms with Crippen LogP contribution in [0.15, 0.2) is 54.6 Å². The fourth-order valence-electron chi connectivity index (χ4n) is 6.82. The third-order valence-electron chi connectivity index (χ3n) is 8.00. The monoisotopic (exact) mass is 445 g/mol. The van der Waals surface area contributed by atoms with Gasteiger partial charge in [-0.05, 0) is 61.8 Å². The summed E-state index contributed by atoms with van der Waals surface area (Å²) < 4.78 is 5.02. The highest BCUT2D eigenvalue weighted by molar-refractivity contribution is 6.08. The molecule has 4 bridgehead atoms. The quantitative estimate of drug-likeness (QED) is 0.509. The van der Waals surface area contributed by atoms with Crippen LogP contribution in [0.4, 0.5) is 0 Å². The average Bonchev–Trinajstić information content (AvgIpc) is 2.83. The Labute approximate surface area is 194 Å². The van der Waals surface area contributed by atoms with Gasteiger partial charge in [-0.2, -0.15) is 0 Å². The maximum absolute atomic E-state index is 13.5. The van der Waals surface area contributed by atoms with Crippen LogP contribution < -0.4 is 5.32 Å². The number of carbonyl (C=O) groups excluding carboxylic acids is 3.